The second-order valence-electron chi connectivity index (χ2n) is 3.79. The van der Waals surface area contributed by atoms with Crippen molar-refractivity contribution in [1.82, 2.24) is 15.1 Å². The summed E-state index contributed by atoms with van der Waals surface area (Å²) in [4.78, 5) is 0. The topological polar surface area (TPSA) is 64.0 Å². The first-order valence-electron chi connectivity index (χ1n) is 5.42. The Kier molecular flexibility index (Phi) is 4.95. The predicted octanol–water partition coefficient (Wildman–Crippen LogP) is 0.334. The maximum Gasteiger partial charge on any atom is 0.150 e. The van der Waals surface area contributed by atoms with Crippen molar-refractivity contribution in [3.05, 3.63) is 18.0 Å². The molecule has 0 aliphatic heterocycles. The van der Waals surface area contributed by atoms with Gasteiger partial charge in [0, 0.05) is 31.1 Å². The largest absolute Gasteiger partial charge is 0.313 e. The van der Waals surface area contributed by atoms with Crippen molar-refractivity contribution in [2.75, 3.05) is 18.1 Å². The zero-order chi connectivity index (χ0) is 12.0. The van der Waals surface area contributed by atoms with Gasteiger partial charge in [0.15, 0.2) is 0 Å². The van der Waals surface area contributed by atoms with Crippen LogP contribution in [0.25, 0.3) is 0 Å². The highest BCUT2D eigenvalue weighted by atomic mass is 32.2. The minimum absolute atomic E-state index is 0.232. The summed E-state index contributed by atoms with van der Waals surface area (Å²) >= 11 is 0. The van der Waals surface area contributed by atoms with Crippen LogP contribution in [0.4, 0.5) is 0 Å². The molecule has 0 amide bonds. The van der Waals surface area contributed by atoms with Gasteiger partial charge in [0.25, 0.3) is 0 Å². The zero-order valence-corrected chi connectivity index (χ0v) is 10.6. The second-order valence-corrected chi connectivity index (χ2v) is 6.26. The van der Waals surface area contributed by atoms with Gasteiger partial charge in [-0.3, -0.25) is 4.68 Å². The summed E-state index contributed by atoms with van der Waals surface area (Å²) in [5, 5.41) is 7.24. The Hall–Kier alpha value is -0.880. The molecule has 0 saturated heterocycles. The molecule has 1 heterocycles. The van der Waals surface area contributed by atoms with Gasteiger partial charge >= 0.3 is 0 Å². The van der Waals surface area contributed by atoms with E-state index < -0.39 is 9.84 Å². The minimum atomic E-state index is -2.82. The average Bonchev–Trinajstić information content (AvgIpc) is 2.64. The van der Waals surface area contributed by atoms with Gasteiger partial charge in [-0.2, -0.15) is 5.10 Å². The first kappa shape index (κ1) is 13.2. The number of hydrogen-bond acceptors (Lipinski definition) is 4. The number of aryl methyl sites for hydroxylation is 1. The fraction of sp³-hybridized carbons (Fsp3) is 0.700. The van der Waals surface area contributed by atoms with Crippen LogP contribution >= 0.6 is 0 Å². The van der Waals surface area contributed by atoms with Gasteiger partial charge in [0.05, 0.1) is 11.9 Å². The molecule has 0 unspecified atom stereocenters. The molecule has 1 N–H and O–H groups in total. The van der Waals surface area contributed by atoms with Crippen molar-refractivity contribution in [2.24, 2.45) is 7.05 Å². The van der Waals surface area contributed by atoms with E-state index in [1.807, 2.05) is 13.2 Å². The molecule has 0 spiro atoms. The number of rotatable bonds is 7. The molecular weight excluding hydrogens is 226 g/mol. The van der Waals surface area contributed by atoms with Crippen molar-refractivity contribution >= 4 is 9.84 Å². The maximum absolute atomic E-state index is 11.2. The van der Waals surface area contributed by atoms with E-state index in [9.17, 15) is 8.42 Å². The molecule has 1 aromatic rings. The van der Waals surface area contributed by atoms with Crippen molar-refractivity contribution < 1.29 is 8.42 Å². The molecular formula is C10H19N3O2S. The molecule has 92 valence electrons. The summed E-state index contributed by atoms with van der Waals surface area (Å²) in [6.45, 7) is 3.13. The highest BCUT2D eigenvalue weighted by molar-refractivity contribution is 7.91. The Labute approximate surface area is 96.8 Å². The fourth-order valence-electron chi connectivity index (χ4n) is 1.36. The highest BCUT2D eigenvalue weighted by Gasteiger charge is 2.05. The second kappa shape index (κ2) is 6.00. The third kappa shape index (κ3) is 4.76. The summed E-state index contributed by atoms with van der Waals surface area (Å²) in [5.74, 6) is 0.499. The monoisotopic (exact) mass is 245 g/mol. The van der Waals surface area contributed by atoms with Crippen LogP contribution in [0.3, 0.4) is 0 Å². The molecule has 16 heavy (non-hydrogen) atoms. The number of nitrogens with one attached hydrogen (secondary N) is 1. The number of nitrogens with zero attached hydrogens (tertiary/aromatic N) is 2. The maximum atomic E-state index is 11.2. The lowest BCUT2D eigenvalue weighted by molar-refractivity contribution is 0.590. The Morgan fingerprint density at radius 1 is 1.50 bits per heavy atom. The molecule has 0 bridgehead atoms. The summed E-state index contributed by atoms with van der Waals surface area (Å²) in [5.41, 5.74) is 1.11. The summed E-state index contributed by atoms with van der Waals surface area (Å²) in [7, 11) is -0.945. The molecule has 0 aliphatic carbocycles. The van der Waals surface area contributed by atoms with E-state index >= 15 is 0 Å². The predicted molar refractivity (Wildman–Crippen MR) is 63.9 cm³/mol. The first-order chi connectivity index (χ1) is 7.53. The van der Waals surface area contributed by atoms with Gasteiger partial charge < -0.3 is 5.32 Å². The lowest BCUT2D eigenvalue weighted by atomic mass is 10.3. The molecule has 0 aromatic carbocycles. The molecule has 0 saturated carbocycles. The van der Waals surface area contributed by atoms with Crippen LogP contribution in [0.15, 0.2) is 12.4 Å². The van der Waals surface area contributed by atoms with Crippen LogP contribution in [0.2, 0.25) is 0 Å². The lowest BCUT2D eigenvalue weighted by Gasteiger charge is -2.03. The molecule has 6 heteroatoms. The Morgan fingerprint density at radius 3 is 2.81 bits per heavy atom. The Balaban J connectivity index is 2.13. The SMILES string of the molecule is CCS(=O)(=O)CCCNCc1cnn(C)c1. The third-order valence-corrected chi connectivity index (χ3v) is 4.13. The number of sulfone groups is 1. The smallest absolute Gasteiger partial charge is 0.150 e. The quantitative estimate of drug-likeness (QED) is 0.703. The molecule has 1 aromatic heterocycles. The van der Waals surface area contributed by atoms with E-state index in [4.69, 9.17) is 0 Å². The molecule has 0 aliphatic rings. The summed E-state index contributed by atoms with van der Waals surface area (Å²) in [6, 6.07) is 0. The van der Waals surface area contributed by atoms with E-state index in [-0.39, 0.29) is 11.5 Å². The average molecular weight is 245 g/mol. The standard InChI is InChI=1S/C10H19N3O2S/c1-3-16(14,15)6-4-5-11-7-10-8-12-13(2)9-10/h8-9,11H,3-7H2,1-2H3. The summed E-state index contributed by atoms with van der Waals surface area (Å²) < 4.78 is 24.1. The zero-order valence-electron chi connectivity index (χ0n) is 9.81. The molecule has 0 atom stereocenters. The van der Waals surface area contributed by atoms with Crippen LogP contribution in [-0.2, 0) is 23.4 Å². The van der Waals surface area contributed by atoms with Crippen LogP contribution in [-0.4, -0.2) is 36.2 Å². The van der Waals surface area contributed by atoms with Gasteiger partial charge in [-0.25, -0.2) is 8.42 Å². The van der Waals surface area contributed by atoms with E-state index in [1.54, 1.807) is 17.8 Å². The lowest BCUT2D eigenvalue weighted by Crippen LogP contribution is -2.18. The van der Waals surface area contributed by atoms with Crippen LogP contribution in [0, 0.1) is 0 Å². The van der Waals surface area contributed by atoms with Crippen molar-refractivity contribution in [3.8, 4) is 0 Å². The summed E-state index contributed by atoms with van der Waals surface area (Å²) in [6.07, 6.45) is 4.40. The van der Waals surface area contributed by atoms with Gasteiger partial charge in [0.1, 0.15) is 9.84 Å². The van der Waals surface area contributed by atoms with Crippen LogP contribution in [0.5, 0.6) is 0 Å². The van der Waals surface area contributed by atoms with E-state index in [0.29, 0.717) is 13.0 Å². The number of hydrogen-bond donors (Lipinski definition) is 1. The minimum Gasteiger partial charge on any atom is -0.313 e. The van der Waals surface area contributed by atoms with E-state index in [1.165, 1.54) is 0 Å². The van der Waals surface area contributed by atoms with Gasteiger partial charge in [-0.05, 0) is 13.0 Å². The van der Waals surface area contributed by atoms with Crippen LogP contribution in [0.1, 0.15) is 18.9 Å². The number of aromatic nitrogens is 2. The Morgan fingerprint density at radius 2 is 2.25 bits per heavy atom. The van der Waals surface area contributed by atoms with E-state index in [0.717, 1.165) is 12.1 Å². The Bertz CT molecular complexity index is 411. The first-order valence-corrected chi connectivity index (χ1v) is 7.24. The van der Waals surface area contributed by atoms with Crippen molar-refractivity contribution in [1.29, 1.82) is 0 Å². The molecule has 5 nitrogen and oxygen atoms in total. The highest BCUT2D eigenvalue weighted by Crippen LogP contribution is 1.96. The molecule has 0 radical (unpaired) electrons. The van der Waals surface area contributed by atoms with E-state index in [2.05, 4.69) is 10.4 Å². The normalized spacial score (nSPS) is 11.9. The van der Waals surface area contributed by atoms with Crippen LogP contribution < -0.4 is 5.32 Å². The molecule has 0 fully saturated rings. The van der Waals surface area contributed by atoms with Gasteiger partial charge in [-0.1, -0.05) is 6.92 Å². The van der Waals surface area contributed by atoms with Gasteiger partial charge in [0.2, 0.25) is 0 Å². The third-order valence-electron chi connectivity index (χ3n) is 2.34. The molecule has 1 rings (SSSR count). The van der Waals surface area contributed by atoms with Gasteiger partial charge in [-0.15, -0.1) is 0 Å². The van der Waals surface area contributed by atoms with Crippen molar-refractivity contribution in [2.45, 2.75) is 19.9 Å². The fourth-order valence-corrected chi connectivity index (χ4v) is 2.23. The van der Waals surface area contributed by atoms with Crippen molar-refractivity contribution in [3.63, 3.8) is 0 Å².